The van der Waals surface area contributed by atoms with E-state index in [2.05, 4.69) is 10.7 Å². The van der Waals surface area contributed by atoms with Gasteiger partial charge in [0.05, 0.1) is 22.7 Å². The third kappa shape index (κ3) is 3.11. The Morgan fingerprint density at radius 2 is 2.20 bits per heavy atom. The van der Waals surface area contributed by atoms with E-state index in [9.17, 15) is 14.9 Å². The maximum Gasteiger partial charge on any atom is 0.270 e. The Balaban J connectivity index is 2.18. The van der Waals surface area contributed by atoms with Crippen LogP contribution in [-0.2, 0) is 6.54 Å². The van der Waals surface area contributed by atoms with Gasteiger partial charge in [0.25, 0.3) is 11.6 Å². The molecule has 0 unspecified atom stereocenters. The second-order valence-electron chi connectivity index (χ2n) is 3.89. The van der Waals surface area contributed by atoms with E-state index >= 15 is 0 Å². The molecule has 0 atom stereocenters. The van der Waals surface area contributed by atoms with Gasteiger partial charge in [0.2, 0.25) is 0 Å². The van der Waals surface area contributed by atoms with Gasteiger partial charge in [-0.1, -0.05) is 6.07 Å². The molecule has 2 aromatic rings. The van der Waals surface area contributed by atoms with E-state index in [1.54, 1.807) is 0 Å². The minimum absolute atomic E-state index is 0.137. The van der Waals surface area contributed by atoms with Gasteiger partial charge in [0, 0.05) is 17.0 Å². The Labute approximate surface area is 118 Å². The van der Waals surface area contributed by atoms with Crippen LogP contribution in [0.4, 0.5) is 11.4 Å². The van der Waals surface area contributed by atoms with E-state index in [0.717, 1.165) is 4.88 Å². The lowest BCUT2D eigenvalue weighted by Crippen LogP contribution is -2.24. The summed E-state index contributed by atoms with van der Waals surface area (Å²) in [6, 6.07) is 7.65. The lowest BCUT2D eigenvalue weighted by molar-refractivity contribution is -0.384. The highest BCUT2D eigenvalue weighted by atomic mass is 32.1. The minimum atomic E-state index is -0.559. The number of anilines is 1. The number of nitrogens with two attached hydrogens (primary N) is 1. The molecule has 2 rings (SSSR count). The van der Waals surface area contributed by atoms with Crippen molar-refractivity contribution in [2.75, 3.05) is 5.43 Å². The monoisotopic (exact) mass is 292 g/mol. The second-order valence-corrected chi connectivity index (χ2v) is 4.93. The fourth-order valence-corrected chi connectivity index (χ4v) is 2.28. The van der Waals surface area contributed by atoms with E-state index in [0.29, 0.717) is 12.2 Å². The number of nitro benzene ring substituents is 1. The van der Waals surface area contributed by atoms with Gasteiger partial charge < -0.3 is 10.7 Å². The minimum Gasteiger partial charge on any atom is -0.347 e. The van der Waals surface area contributed by atoms with Crippen LogP contribution in [0.1, 0.15) is 15.2 Å². The van der Waals surface area contributed by atoms with E-state index in [4.69, 9.17) is 5.84 Å². The summed E-state index contributed by atoms with van der Waals surface area (Å²) in [5, 5.41) is 15.3. The third-order valence-electron chi connectivity index (χ3n) is 2.62. The highest BCUT2D eigenvalue weighted by molar-refractivity contribution is 7.09. The van der Waals surface area contributed by atoms with Gasteiger partial charge >= 0.3 is 0 Å². The Kier molecular flexibility index (Phi) is 4.28. The molecular weight excluding hydrogens is 280 g/mol. The molecule has 1 aromatic heterocycles. The first-order chi connectivity index (χ1) is 9.61. The zero-order chi connectivity index (χ0) is 14.5. The highest BCUT2D eigenvalue weighted by Gasteiger charge is 2.16. The summed E-state index contributed by atoms with van der Waals surface area (Å²) in [5.74, 6) is 4.89. The zero-order valence-electron chi connectivity index (χ0n) is 10.3. The van der Waals surface area contributed by atoms with Gasteiger partial charge in [0.1, 0.15) is 0 Å². The van der Waals surface area contributed by atoms with Crippen LogP contribution < -0.4 is 16.6 Å². The molecule has 1 amide bonds. The number of hydrogen-bond donors (Lipinski definition) is 3. The SMILES string of the molecule is NNc1ccc([N+](=O)[O-])cc1C(=O)NCc1cccs1. The summed E-state index contributed by atoms with van der Waals surface area (Å²) >= 11 is 1.51. The lowest BCUT2D eigenvalue weighted by atomic mass is 10.1. The molecule has 0 spiro atoms. The van der Waals surface area contributed by atoms with Gasteiger partial charge in [-0.25, -0.2) is 0 Å². The van der Waals surface area contributed by atoms with Crippen LogP contribution in [0.25, 0.3) is 0 Å². The van der Waals surface area contributed by atoms with Crippen LogP contribution in [0, 0.1) is 10.1 Å². The first kappa shape index (κ1) is 14.0. The van der Waals surface area contributed by atoms with E-state index in [1.165, 1.54) is 29.5 Å². The number of amides is 1. The maximum atomic E-state index is 12.1. The van der Waals surface area contributed by atoms with Gasteiger partial charge in [-0.2, -0.15) is 0 Å². The molecule has 0 saturated heterocycles. The topological polar surface area (TPSA) is 110 Å². The lowest BCUT2D eigenvalue weighted by Gasteiger charge is -2.09. The van der Waals surface area contributed by atoms with Crippen LogP contribution in [0.2, 0.25) is 0 Å². The number of rotatable bonds is 5. The largest absolute Gasteiger partial charge is 0.347 e. The molecule has 8 heteroatoms. The van der Waals surface area contributed by atoms with E-state index in [1.807, 2.05) is 17.5 Å². The fourth-order valence-electron chi connectivity index (χ4n) is 1.64. The summed E-state index contributed by atoms with van der Waals surface area (Å²) in [7, 11) is 0. The Bertz CT molecular complexity index is 628. The summed E-state index contributed by atoms with van der Waals surface area (Å²) in [6.45, 7) is 0.364. The summed E-state index contributed by atoms with van der Waals surface area (Å²) in [5.41, 5.74) is 2.66. The molecule has 4 N–H and O–H groups in total. The standard InChI is InChI=1S/C12H12N4O3S/c13-15-11-4-3-8(16(18)19)6-10(11)12(17)14-7-9-2-1-5-20-9/h1-6,15H,7,13H2,(H,14,17). The third-order valence-corrected chi connectivity index (χ3v) is 3.49. The average molecular weight is 292 g/mol. The van der Waals surface area contributed by atoms with Gasteiger partial charge in [0.15, 0.2) is 0 Å². The van der Waals surface area contributed by atoms with Crippen molar-refractivity contribution in [3.05, 3.63) is 56.3 Å². The smallest absolute Gasteiger partial charge is 0.270 e. The van der Waals surface area contributed by atoms with Crippen LogP contribution in [0.3, 0.4) is 0 Å². The molecule has 7 nitrogen and oxygen atoms in total. The predicted octanol–water partition coefficient (Wildman–Crippen LogP) is 1.87. The van der Waals surface area contributed by atoms with Gasteiger partial charge in [-0.3, -0.25) is 20.8 Å². The number of nitrogens with zero attached hydrogens (tertiary/aromatic N) is 1. The molecule has 20 heavy (non-hydrogen) atoms. The number of non-ortho nitro benzene ring substituents is 1. The summed E-state index contributed by atoms with van der Waals surface area (Å²) in [4.78, 5) is 23.2. The number of benzene rings is 1. The number of nitrogen functional groups attached to an aromatic ring is 1. The van der Waals surface area contributed by atoms with Crippen molar-refractivity contribution >= 4 is 28.6 Å². The van der Waals surface area contributed by atoms with Crippen molar-refractivity contribution in [3.63, 3.8) is 0 Å². The number of hydrazine groups is 1. The Hall–Kier alpha value is -2.45. The highest BCUT2D eigenvalue weighted by Crippen LogP contribution is 2.21. The molecule has 0 aliphatic carbocycles. The van der Waals surface area contributed by atoms with Crippen molar-refractivity contribution in [1.29, 1.82) is 0 Å². The van der Waals surface area contributed by atoms with Crippen LogP contribution in [-0.4, -0.2) is 10.8 Å². The molecule has 0 aliphatic rings. The first-order valence-electron chi connectivity index (χ1n) is 5.67. The molecule has 0 aliphatic heterocycles. The zero-order valence-corrected chi connectivity index (χ0v) is 11.1. The molecule has 1 aromatic carbocycles. The van der Waals surface area contributed by atoms with Gasteiger partial charge in [-0.15, -0.1) is 11.3 Å². The van der Waals surface area contributed by atoms with Crippen LogP contribution >= 0.6 is 11.3 Å². The summed E-state index contributed by atoms with van der Waals surface area (Å²) in [6.07, 6.45) is 0. The summed E-state index contributed by atoms with van der Waals surface area (Å²) < 4.78 is 0. The predicted molar refractivity (Wildman–Crippen MR) is 76.4 cm³/mol. The quantitative estimate of drug-likeness (QED) is 0.442. The molecule has 1 heterocycles. The number of hydrogen-bond acceptors (Lipinski definition) is 6. The van der Waals surface area contributed by atoms with Crippen molar-refractivity contribution in [1.82, 2.24) is 5.32 Å². The number of nitro groups is 1. The molecule has 104 valence electrons. The van der Waals surface area contributed by atoms with E-state index < -0.39 is 10.8 Å². The van der Waals surface area contributed by atoms with Crippen LogP contribution in [0.15, 0.2) is 35.7 Å². The van der Waals surface area contributed by atoms with E-state index in [-0.39, 0.29) is 11.3 Å². The number of carbonyl (C=O) groups is 1. The van der Waals surface area contributed by atoms with Crippen LogP contribution in [0.5, 0.6) is 0 Å². The Morgan fingerprint density at radius 3 is 2.80 bits per heavy atom. The average Bonchev–Trinajstić information content (AvgIpc) is 2.97. The maximum absolute atomic E-state index is 12.1. The molecule has 0 fully saturated rings. The van der Waals surface area contributed by atoms with Gasteiger partial charge in [-0.05, 0) is 17.5 Å². The number of thiophene rings is 1. The molecule has 0 radical (unpaired) electrons. The fraction of sp³-hybridized carbons (Fsp3) is 0.0833. The Morgan fingerprint density at radius 1 is 1.40 bits per heavy atom. The molecular formula is C12H12N4O3S. The van der Waals surface area contributed by atoms with Crippen molar-refractivity contribution in [2.45, 2.75) is 6.54 Å². The van der Waals surface area contributed by atoms with Crippen molar-refractivity contribution < 1.29 is 9.72 Å². The number of nitrogens with one attached hydrogen (secondary N) is 2. The van der Waals surface area contributed by atoms with Crippen molar-refractivity contribution in [3.8, 4) is 0 Å². The molecule has 0 bridgehead atoms. The number of carbonyl (C=O) groups excluding carboxylic acids is 1. The second kappa shape index (κ2) is 6.13. The molecule has 0 saturated carbocycles. The van der Waals surface area contributed by atoms with Crippen molar-refractivity contribution in [2.24, 2.45) is 5.84 Å². The normalized spacial score (nSPS) is 10.1. The first-order valence-corrected chi connectivity index (χ1v) is 6.55.